The molecule has 1 saturated heterocycles. The Morgan fingerprint density at radius 3 is 2.76 bits per heavy atom. The standard InChI is InChI=1S/C13H19BrN2O4S/c1-13(2)8-16(6-9(7-17)20-13)21(18,19)10-3-4-11(14)12(15)5-10/h3-5,9,17H,6-8,15H2,1-2H3. The van der Waals surface area contributed by atoms with E-state index in [2.05, 4.69) is 15.9 Å². The third kappa shape index (κ3) is 3.57. The van der Waals surface area contributed by atoms with Gasteiger partial charge in [-0.15, -0.1) is 0 Å². The van der Waals surface area contributed by atoms with Crippen LogP contribution >= 0.6 is 15.9 Å². The molecular formula is C13H19BrN2O4S. The third-order valence-electron chi connectivity index (χ3n) is 3.26. The van der Waals surface area contributed by atoms with Crippen LogP contribution in [0.3, 0.4) is 0 Å². The molecule has 0 saturated carbocycles. The van der Waals surface area contributed by atoms with Crippen molar-refractivity contribution in [3.63, 3.8) is 0 Å². The number of halogens is 1. The van der Waals surface area contributed by atoms with Crippen molar-refractivity contribution in [3.8, 4) is 0 Å². The zero-order valence-corrected chi connectivity index (χ0v) is 14.3. The van der Waals surface area contributed by atoms with E-state index in [0.29, 0.717) is 10.2 Å². The normalized spacial score (nSPS) is 23.1. The number of aliphatic hydroxyl groups is 1. The Hall–Kier alpha value is -0.670. The van der Waals surface area contributed by atoms with Crippen molar-refractivity contribution >= 4 is 31.6 Å². The molecule has 1 aliphatic rings. The quantitative estimate of drug-likeness (QED) is 0.770. The predicted octanol–water partition coefficient (Wildman–Crippen LogP) is 1.19. The number of nitrogens with two attached hydrogens (primary N) is 1. The van der Waals surface area contributed by atoms with Crippen LogP contribution in [0.2, 0.25) is 0 Å². The summed E-state index contributed by atoms with van der Waals surface area (Å²) in [6.07, 6.45) is -0.531. The van der Waals surface area contributed by atoms with E-state index in [9.17, 15) is 13.5 Å². The number of sulfonamides is 1. The van der Waals surface area contributed by atoms with Crippen molar-refractivity contribution < 1.29 is 18.3 Å². The van der Waals surface area contributed by atoms with Gasteiger partial charge < -0.3 is 15.6 Å². The summed E-state index contributed by atoms with van der Waals surface area (Å²) in [5, 5.41) is 9.29. The van der Waals surface area contributed by atoms with E-state index in [1.807, 2.05) is 0 Å². The first-order chi connectivity index (χ1) is 9.65. The summed E-state index contributed by atoms with van der Waals surface area (Å²) in [4.78, 5) is 0.137. The van der Waals surface area contributed by atoms with Crippen molar-refractivity contribution in [2.45, 2.75) is 30.4 Å². The van der Waals surface area contributed by atoms with Gasteiger partial charge in [-0.3, -0.25) is 0 Å². The Bertz CT molecular complexity index is 633. The molecule has 1 fully saturated rings. The number of hydrogen-bond acceptors (Lipinski definition) is 5. The van der Waals surface area contributed by atoms with E-state index in [1.54, 1.807) is 19.9 Å². The summed E-state index contributed by atoms with van der Waals surface area (Å²) in [5.41, 5.74) is 5.47. The molecule has 0 spiro atoms. The molecular weight excluding hydrogens is 360 g/mol. The summed E-state index contributed by atoms with van der Waals surface area (Å²) in [5.74, 6) is 0. The highest BCUT2D eigenvalue weighted by molar-refractivity contribution is 9.10. The molecule has 0 bridgehead atoms. The van der Waals surface area contributed by atoms with E-state index in [0.717, 1.165) is 0 Å². The molecule has 0 aromatic heterocycles. The molecule has 1 unspecified atom stereocenters. The summed E-state index contributed by atoms with van der Waals surface area (Å²) in [7, 11) is -3.67. The second kappa shape index (κ2) is 5.85. The van der Waals surface area contributed by atoms with Gasteiger partial charge in [0.05, 0.1) is 23.2 Å². The fourth-order valence-corrected chi connectivity index (χ4v) is 4.26. The first kappa shape index (κ1) is 16.7. The van der Waals surface area contributed by atoms with Crippen molar-refractivity contribution in [1.82, 2.24) is 4.31 Å². The molecule has 0 aliphatic carbocycles. The Labute approximate surface area is 133 Å². The van der Waals surface area contributed by atoms with Gasteiger partial charge in [-0.05, 0) is 48.0 Å². The number of aliphatic hydroxyl groups excluding tert-OH is 1. The van der Waals surface area contributed by atoms with E-state index >= 15 is 0 Å². The minimum Gasteiger partial charge on any atom is -0.398 e. The van der Waals surface area contributed by atoms with Crippen LogP contribution in [0.25, 0.3) is 0 Å². The molecule has 8 heteroatoms. The lowest BCUT2D eigenvalue weighted by molar-refractivity contribution is -0.131. The van der Waals surface area contributed by atoms with Gasteiger partial charge >= 0.3 is 0 Å². The van der Waals surface area contributed by atoms with Crippen LogP contribution < -0.4 is 5.73 Å². The van der Waals surface area contributed by atoms with Crippen molar-refractivity contribution in [3.05, 3.63) is 22.7 Å². The zero-order valence-electron chi connectivity index (χ0n) is 11.9. The smallest absolute Gasteiger partial charge is 0.243 e. The molecule has 118 valence electrons. The maximum absolute atomic E-state index is 12.7. The van der Waals surface area contributed by atoms with Crippen molar-refractivity contribution in [2.75, 3.05) is 25.4 Å². The Morgan fingerprint density at radius 1 is 1.52 bits per heavy atom. The Balaban J connectivity index is 2.36. The molecule has 1 aliphatic heterocycles. The molecule has 1 aromatic rings. The molecule has 2 rings (SSSR count). The minimum atomic E-state index is -3.67. The van der Waals surface area contributed by atoms with Crippen molar-refractivity contribution in [2.24, 2.45) is 0 Å². The molecule has 0 amide bonds. The zero-order chi connectivity index (χ0) is 15.8. The van der Waals surface area contributed by atoms with Crippen molar-refractivity contribution in [1.29, 1.82) is 0 Å². The summed E-state index contributed by atoms with van der Waals surface area (Å²) >= 11 is 3.24. The molecule has 3 N–H and O–H groups in total. The number of rotatable bonds is 3. The summed E-state index contributed by atoms with van der Waals surface area (Å²) < 4.78 is 33.1. The number of nitrogen functional groups attached to an aromatic ring is 1. The van der Waals surface area contributed by atoms with Crippen LogP contribution in [-0.4, -0.2) is 49.2 Å². The largest absolute Gasteiger partial charge is 0.398 e. The van der Waals surface area contributed by atoms with Gasteiger partial charge in [0.2, 0.25) is 10.0 Å². The number of morpholine rings is 1. The SMILES string of the molecule is CC1(C)CN(S(=O)(=O)c2ccc(Br)c(N)c2)CC(CO)O1. The summed E-state index contributed by atoms with van der Waals surface area (Å²) in [6, 6.07) is 4.54. The van der Waals surface area contributed by atoms with Gasteiger partial charge in [0.25, 0.3) is 0 Å². The molecule has 1 atom stereocenters. The maximum atomic E-state index is 12.7. The molecule has 6 nitrogen and oxygen atoms in total. The van der Waals surface area contributed by atoms with Gasteiger partial charge in [0.1, 0.15) is 0 Å². The van der Waals surface area contributed by atoms with Crippen LogP contribution in [0.1, 0.15) is 13.8 Å². The Morgan fingerprint density at radius 2 is 2.19 bits per heavy atom. The third-order valence-corrected chi connectivity index (χ3v) is 5.79. The van der Waals surface area contributed by atoms with Crippen LogP contribution in [0, 0.1) is 0 Å². The second-order valence-corrected chi connectivity index (χ2v) is 8.46. The fourth-order valence-electron chi connectivity index (χ4n) is 2.35. The van der Waals surface area contributed by atoms with Crippen LogP contribution in [0.5, 0.6) is 0 Å². The van der Waals surface area contributed by atoms with Gasteiger partial charge in [-0.1, -0.05) is 0 Å². The van der Waals surface area contributed by atoms with Gasteiger partial charge in [-0.2, -0.15) is 4.31 Å². The highest BCUT2D eigenvalue weighted by atomic mass is 79.9. The number of anilines is 1. The van der Waals surface area contributed by atoms with Crippen LogP contribution in [0.4, 0.5) is 5.69 Å². The van der Waals surface area contributed by atoms with Crippen LogP contribution in [-0.2, 0) is 14.8 Å². The lowest BCUT2D eigenvalue weighted by atomic mass is 10.1. The Kier molecular flexibility index (Phi) is 4.65. The van der Waals surface area contributed by atoms with Gasteiger partial charge in [-0.25, -0.2) is 8.42 Å². The van der Waals surface area contributed by atoms with Gasteiger partial charge in [0.15, 0.2) is 0 Å². The average molecular weight is 379 g/mol. The second-order valence-electron chi connectivity index (χ2n) is 5.66. The van der Waals surface area contributed by atoms with Crippen LogP contribution in [0.15, 0.2) is 27.6 Å². The number of ether oxygens (including phenoxy) is 1. The fraction of sp³-hybridized carbons (Fsp3) is 0.538. The average Bonchev–Trinajstić information content (AvgIpc) is 2.39. The molecule has 21 heavy (non-hydrogen) atoms. The molecule has 1 heterocycles. The van der Waals surface area contributed by atoms with E-state index in [1.165, 1.54) is 16.4 Å². The van der Waals surface area contributed by atoms with Gasteiger partial charge in [0, 0.05) is 23.2 Å². The lowest BCUT2D eigenvalue weighted by Crippen LogP contribution is -2.55. The number of benzene rings is 1. The highest BCUT2D eigenvalue weighted by Gasteiger charge is 2.39. The maximum Gasteiger partial charge on any atom is 0.243 e. The molecule has 1 aromatic carbocycles. The van der Waals surface area contributed by atoms with E-state index in [-0.39, 0.29) is 24.6 Å². The summed E-state index contributed by atoms with van der Waals surface area (Å²) in [6.45, 7) is 3.72. The predicted molar refractivity (Wildman–Crippen MR) is 83.4 cm³/mol. The first-order valence-electron chi connectivity index (χ1n) is 6.49. The molecule has 0 radical (unpaired) electrons. The lowest BCUT2D eigenvalue weighted by Gasteiger charge is -2.41. The number of hydrogen-bond donors (Lipinski definition) is 2. The monoisotopic (exact) mass is 378 g/mol. The van der Waals surface area contributed by atoms with E-state index < -0.39 is 21.7 Å². The first-order valence-corrected chi connectivity index (χ1v) is 8.73. The highest BCUT2D eigenvalue weighted by Crippen LogP contribution is 2.29. The topological polar surface area (TPSA) is 92.9 Å². The number of nitrogens with zero attached hydrogens (tertiary/aromatic N) is 1. The minimum absolute atomic E-state index is 0.123. The van der Waals surface area contributed by atoms with E-state index in [4.69, 9.17) is 10.5 Å².